The van der Waals surface area contributed by atoms with Gasteiger partial charge in [-0.15, -0.1) is 11.6 Å². The van der Waals surface area contributed by atoms with E-state index in [4.69, 9.17) is 11.6 Å². The Labute approximate surface area is 112 Å². The molecule has 0 aromatic heterocycles. The number of halogens is 1. The van der Waals surface area contributed by atoms with E-state index in [-0.39, 0.29) is 0 Å². The van der Waals surface area contributed by atoms with Gasteiger partial charge < -0.3 is 10.2 Å². The molecule has 0 spiro atoms. The zero-order chi connectivity index (χ0) is 12.7. The van der Waals surface area contributed by atoms with E-state index in [1.807, 2.05) is 0 Å². The van der Waals surface area contributed by atoms with E-state index < -0.39 is 0 Å². The van der Waals surface area contributed by atoms with Crippen LogP contribution < -0.4 is 5.32 Å². The van der Waals surface area contributed by atoms with Crippen LogP contribution in [0.1, 0.15) is 46.0 Å². The van der Waals surface area contributed by atoms with Crippen LogP contribution in [0.4, 0.5) is 0 Å². The summed E-state index contributed by atoms with van der Waals surface area (Å²) in [6.07, 6.45) is 6.54. The summed E-state index contributed by atoms with van der Waals surface area (Å²) in [5.41, 5.74) is 0.334. The molecule has 0 saturated carbocycles. The minimum atomic E-state index is 0.334. The predicted octanol–water partition coefficient (Wildman–Crippen LogP) is 3.11. The zero-order valence-corrected chi connectivity index (χ0v) is 12.5. The Morgan fingerprint density at radius 1 is 1.35 bits per heavy atom. The molecule has 1 saturated heterocycles. The molecule has 1 rings (SSSR count). The first-order valence-corrected chi connectivity index (χ1v) is 7.55. The van der Waals surface area contributed by atoms with Crippen molar-refractivity contribution in [2.24, 2.45) is 5.41 Å². The number of piperidine rings is 1. The molecule has 0 aromatic carbocycles. The van der Waals surface area contributed by atoms with E-state index in [1.54, 1.807) is 0 Å². The molecule has 0 aromatic rings. The van der Waals surface area contributed by atoms with Gasteiger partial charge in [0.15, 0.2) is 0 Å². The largest absolute Gasteiger partial charge is 0.316 e. The first-order chi connectivity index (χ1) is 8.05. The lowest BCUT2D eigenvalue weighted by atomic mass is 9.90. The summed E-state index contributed by atoms with van der Waals surface area (Å²) in [4.78, 5) is 2.52. The first kappa shape index (κ1) is 15.3. The van der Waals surface area contributed by atoms with Crippen molar-refractivity contribution in [3.05, 3.63) is 0 Å². The monoisotopic (exact) mass is 260 g/mol. The Balaban J connectivity index is 2.10. The van der Waals surface area contributed by atoms with Crippen molar-refractivity contribution in [3.63, 3.8) is 0 Å². The highest BCUT2D eigenvalue weighted by molar-refractivity contribution is 6.17. The normalized spacial score (nSPS) is 22.9. The van der Waals surface area contributed by atoms with Crippen LogP contribution in [0, 0.1) is 5.41 Å². The molecule has 1 atom stereocenters. The second kappa shape index (κ2) is 7.60. The lowest BCUT2D eigenvalue weighted by molar-refractivity contribution is 0.174. The number of hydrogen-bond donors (Lipinski definition) is 1. The van der Waals surface area contributed by atoms with E-state index in [1.165, 1.54) is 32.2 Å². The number of alkyl halides is 1. The van der Waals surface area contributed by atoms with Crippen LogP contribution in [0.25, 0.3) is 0 Å². The fraction of sp³-hybridized carbons (Fsp3) is 1.00. The topological polar surface area (TPSA) is 15.3 Å². The van der Waals surface area contributed by atoms with Crippen LogP contribution >= 0.6 is 11.6 Å². The first-order valence-electron chi connectivity index (χ1n) is 7.02. The third-order valence-corrected chi connectivity index (χ3v) is 4.14. The summed E-state index contributed by atoms with van der Waals surface area (Å²) in [5.74, 6) is 0.764. The minimum absolute atomic E-state index is 0.334. The van der Waals surface area contributed by atoms with Gasteiger partial charge in [-0.3, -0.25) is 0 Å². The third-order valence-electron chi connectivity index (χ3n) is 3.95. The van der Waals surface area contributed by atoms with Crippen molar-refractivity contribution in [1.29, 1.82) is 0 Å². The number of nitrogens with one attached hydrogen (secondary N) is 1. The number of likely N-dealkylation sites (tertiary alicyclic amines) is 1. The highest BCUT2D eigenvalue weighted by Crippen LogP contribution is 2.20. The van der Waals surface area contributed by atoms with Gasteiger partial charge in [0.1, 0.15) is 0 Å². The molecule has 0 radical (unpaired) electrons. The summed E-state index contributed by atoms with van der Waals surface area (Å²) in [5, 5.41) is 3.59. The van der Waals surface area contributed by atoms with Crippen molar-refractivity contribution in [3.8, 4) is 0 Å². The summed E-state index contributed by atoms with van der Waals surface area (Å²) >= 11 is 5.81. The molecule has 1 aliphatic heterocycles. The van der Waals surface area contributed by atoms with E-state index in [9.17, 15) is 0 Å². The molecule has 1 fully saturated rings. The molecule has 1 aliphatic rings. The molecule has 0 amide bonds. The van der Waals surface area contributed by atoms with Gasteiger partial charge in [0.05, 0.1) is 0 Å². The van der Waals surface area contributed by atoms with Crippen LogP contribution in [-0.2, 0) is 0 Å². The van der Waals surface area contributed by atoms with Crippen LogP contribution in [0.5, 0.6) is 0 Å². The fourth-order valence-corrected chi connectivity index (χ4v) is 3.06. The maximum atomic E-state index is 5.81. The van der Waals surface area contributed by atoms with Crippen LogP contribution in [-0.4, -0.2) is 43.5 Å². The Hall–Kier alpha value is 0.210. The van der Waals surface area contributed by atoms with Crippen molar-refractivity contribution in [2.75, 3.05) is 32.6 Å². The summed E-state index contributed by atoms with van der Waals surface area (Å²) < 4.78 is 0. The number of nitrogens with zero attached hydrogens (tertiary/aromatic N) is 1. The highest BCUT2D eigenvalue weighted by atomic mass is 35.5. The second-order valence-corrected chi connectivity index (χ2v) is 6.58. The third kappa shape index (κ3) is 6.08. The molecule has 1 unspecified atom stereocenters. The van der Waals surface area contributed by atoms with Crippen molar-refractivity contribution >= 4 is 11.6 Å². The van der Waals surface area contributed by atoms with Gasteiger partial charge >= 0.3 is 0 Å². The molecule has 1 N–H and O–H groups in total. The highest BCUT2D eigenvalue weighted by Gasteiger charge is 2.19. The van der Waals surface area contributed by atoms with Crippen LogP contribution in [0.15, 0.2) is 0 Å². The maximum Gasteiger partial charge on any atom is 0.0229 e. The number of rotatable bonds is 7. The predicted molar refractivity (Wildman–Crippen MR) is 76.9 cm³/mol. The van der Waals surface area contributed by atoms with E-state index >= 15 is 0 Å². The Morgan fingerprint density at radius 2 is 2.12 bits per heavy atom. The molecule has 0 aliphatic carbocycles. The van der Waals surface area contributed by atoms with Crippen molar-refractivity contribution in [2.45, 2.75) is 52.0 Å². The van der Waals surface area contributed by atoms with E-state index in [0.717, 1.165) is 31.4 Å². The summed E-state index contributed by atoms with van der Waals surface area (Å²) in [6, 6.07) is 0.799. The lowest BCUT2D eigenvalue weighted by Crippen LogP contribution is -2.39. The fourth-order valence-electron chi connectivity index (χ4n) is 2.55. The van der Waals surface area contributed by atoms with Crippen molar-refractivity contribution < 1.29 is 0 Å². The SMILES string of the molecule is CN1CCCCC1CCNCC(C)(C)CCCl. The summed E-state index contributed by atoms with van der Waals surface area (Å²) in [7, 11) is 2.27. The van der Waals surface area contributed by atoms with Gasteiger partial charge in [0.2, 0.25) is 0 Å². The van der Waals surface area contributed by atoms with Gasteiger partial charge in [0, 0.05) is 18.5 Å². The van der Waals surface area contributed by atoms with E-state index in [2.05, 4.69) is 31.1 Å². The molecule has 0 bridgehead atoms. The molecule has 1 heterocycles. The number of hydrogen-bond acceptors (Lipinski definition) is 2. The Bertz CT molecular complexity index is 206. The van der Waals surface area contributed by atoms with Gasteiger partial charge in [-0.05, 0) is 51.2 Å². The quantitative estimate of drug-likeness (QED) is 0.559. The average Bonchev–Trinajstić information content (AvgIpc) is 2.26. The standard InChI is InChI=1S/C14H29ClN2/c1-14(2,8-9-15)12-16-10-7-13-6-4-5-11-17(13)3/h13,16H,4-12H2,1-3H3. The minimum Gasteiger partial charge on any atom is -0.316 e. The van der Waals surface area contributed by atoms with Crippen LogP contribution in [0.3, 0.4) is 0 Å². The van der Waals surface area contributed by atoms with Gasteiger partial charge in [0.25, 0.3) is 0 Å². The Kier molecular flexibility index (Phi) is 6.83. The average molecular weight is 261 g/mol. The van der Waals surface area contributed by atoms with Gasteiger partial charge in [-0.2, -0.15) is 0 Å². The van der Waals surface area contributed by atoms with Gasteiger partial charge in [-0.1, -0.05) is 20.3 Å². The van der Waals surface area contributed by atoms with E-state index in [0.29, 0.717) is 5.41 Å². The Morgan fingerprint density at radius 3 is 2.76 bits per heavy atom. The molecule has 17 heavy (non-hydrogen) atoms. The molecular formula is C14H29ClN2. The molecule has 2 nitrogen and oxygen atoms in total. The maximum absolute atomic E-state index is 5.81. The molecular weight excluding hydrogens is 232 g/mol. The zero-order valence-electron chi connectivity index (χ0n) is 11.8. The van der Waals surface area contributed by atoms with Crippen molar-refractivity contribution in [1.82, 2.24) is 10.2 Å². The van der Waals surface area contributed by atoms with Crippen LogP contribution in [0.2, 0.25) is 0 Å². The lowest BCUT2D eigenvalue weighted by Gasteiger charge is -2.33. The summed E-state index contributed by atoms with van der Waals surface area (Å²) in [6.45, 7) is 8.07. The van der Waals surface area contributed by atoms with Gasteiger partial charge in [-0.25, -0.2) is 0 Å². The molecule has 3 heteroatoms. The smallest absolute Gasteiger partial charge is 0.0229 e. The molecule has 102 valence electrons. The second-order valence-electron chi connectivity index (χ2n) is 6.20.